The Hall–Kier alpha value is -1.48. The minimum absolute atomic E-state index is 0.146. The Morgan fingerprint density at radius 2 is 1.70 bits per heavy atom. The summed E-state index contributed by atoms with van der Waals surface area (Å²) in [5.74, 6) is -0.146. The highest BCUT2D eigenvalue weighted by Crippen LogP contribution is 2.21. The summed E-state index contributed by atoms with van der Waals surface area (Å²) >= 11 is 17.7. The second-order valence-electron chi connectivity index (χ2n) is 5.02. The van der Waals surface area contributed by atoms with Crippen molar-refractivity contribution in [3.8, 4) is 0 Å². The van der Waals surface area contributed by atoms with Crippen molar-refractivity contribution in [1.82, 2.24) is 5.32 Å². The maximum absolute atomic E-state index is 11.8. The molecule has 1 amide bonds. The van der Waals surface area contributed by atoms with Crippen molar-refractivity contribution >= 4 is 46.8 Å². The first-order chi connectivity index (χ1) is 11.0. The maximum atomic E-state index is 11.8. The van der Waals surface area contributed by atoms with E-state index in [1.54, 1.807) is 24.3 Å². The van der Waals surface area contributed by atoms with Gasteiger partial charge in [-0.15, -0.1) is 0 Å². The highest BCUT2D eigenvalue weighted by atomic mass is 35.5. The van der Waals surface area contributed by atoms with Crippen LogP contribution in [0.25, 0.3) is 6.08 Å². The van der Waals surface area contributed by atoms with Gasteiger partial charge in [-0.25, -0.2) is 0 Å². The summed E-state index contributed by atoms with van der Waals surface area (Å²) in [6.07, 6.45) is 4.90. The molecule has 0 saturated carbocycles. The van der Waals surface area contributed by atoms with E-state index in [-0.39, 0.29) is 5.91 Å². The van der Waals surface area contributed by atoms with Crippen LogP contribution in [-0.4, -0.2) is 12.5 Å². The van der Waals surface area contributed by atoms with Crippen molar-refractivity contribution in [1.29, 1.82) is 0 Å². The van der Waals surface area contributed by atoms with Gasteiger partial charge in [-0.3, -0.25) is 4.79 Å². The molecule has 0 atom stereocenters. The molecule has 0 spiro atoms. The Morgan fingerprint density at radius 1 is 1.00 bits per heavy atom. The number of benzene rings is 2. The highest BCUT2D eigenvalue weighted by molar-refractivity contribution is 6.35. The molecule has 0 heterocycles. The Morgan fingerprint density at radius 3 is 2.39 bits per heavy atom. The predicted molar refractivity (Wildman–Crippen MR) is 98.3 cm³/mol. The molecule has 0 fully saturated rings. The van der Waals surface area contributed by atoms with Crippen LogP contribution in [0.5, 0.6) is 0 Å². The van der Waals surface area contributed by atoms with E-state index in [0.717, 1.165) is 23.4 Å². The Kier molecular flexibility index (Phi) is 6.97. The van der Waals surface area contributed by atoms with E-state index in [4.69, 9.17) is 34.8 Å². The minimum atomic E-state index is -0.146. The van der Waals surface area contributed by atoms with Gasteiger partial charge in [0.05, 0.1) is 0 Å². The zero-order chi connectivity index (χ0) is 16.7. The number of carbonyl (C=O) groups excluding carboxylic acids is 1. The van der Waals surface area contributed by atoms with Crippen LogP contribution in [0.15, 0.2) is 48.5 Å². The largest absolute Gasteiger partial charge is 0.353 e. The van der Waals surface area contributed by atoms with E-state index in [9.17, 15) is 4.79 Å². The number of aryl methyl sites for hydroxylation is 1. The lowest BCUT2D eigenvalue weighted by Gasteiger charge is -2.03. The fraction of sp³-hybridized carbons (Fsp3) is 0.167. The van der Waals surface area contributed by atoms with Gasteiger partial charge in [-0.2, -0.15) is 0 Å². The average molecular weight is 369 g/mol. The molecular weight excluding hydrogens is 353 g/mol. The third-order valence-corrected chi connectivity index (χ3v) is 4.05. The topological polar surface area (TPSA) is 29.1 Å². The van der Waals surface area contributed by atoms with E-state index >= 15 is 0 Å². The SMILES string of the molecule is O=C(/C=C/c1ccc(Cl)cc1Cl)NCCCc1ccc(Cl)cc1. The maximum Gasteiger partial charge on any atom is 0.244 e. The number of hydrogen-bond donors (Lipinski definition) is 1. The monoisotopic (exact) mass is 367 g/mol. The first-order valence-corrected chi connectivity index (χ1v) is 8.33. The molecular formula is C18H16Cl3NO. The highest BCUT2D eigenvalue weighted by Gasteiger charge is 2.00. The fourth-order valence-corrected chi connectivity index (χ4v) is 2.61. The normalized spacial score (nSPS) is 10.9. The summed E-state index contributed by atoms with van der Waals surface area (Å²) in [5.41, 5.74) is 1.96. The van der Waals surface area contributed by atoms with Gasteiger partial charge in [-0.1, -0.05) is 53.0 Å². The molecule has 2 aromatic rings. The van der Waals surface area contributed by atoms with Crippen LogP contribution < -0.4 is 5.32 Å². The third kappa shape index (κ3) is 6.26. The van der Waals surface area contributed by atoms with Crippen molar-refractivity contribution in [2.75, 3.05) is 6.54 Å². The van der Waals surface area contributed by atoms with Crippen LogP contribution in [0, 0.1) is 0 Å². The first kappa shape index (κ1) is 17.9. The molecule has 120 valence electrons. The molecule has 23 heavy (non-hydrogen) atoms. The molecule has 0 saturated heterocycles. The second kappa shape index (κ2) is 8.97. The molecule has 0 aliphatic heterocycles. The van der Waals surface area contributed by atoms with Crippen LogP contribution in [0.2, 0.25) is 15.1 Å². The number of hydrogen-bond acceptors (Lipinski definition) is 1. The Bertz CT molecular complexity index is 696. The quantitative estimate of drug-likeness (QED) is 0.536. The fourth-order valence-electron chi connectivity index (χ4n) is 2.02. The molecule has 2 aromatic carbocycles. The first-order valence-electron chi connectivity index (χ1n) is 7.20. The van der Waals surface area contributed by atoms with Gasteiger partial charge in [0.2, 0.25) is 5.91 Å². The average Bonchev–Trinajstić information content (AvgIpc) is 2.52. The van der Waals surface area contributed by atoms with E-state index in [1.807, 2.05) is 24.3 Å². The summed E-state index contributed by atoms with van der Waals surface area (Å²) in [6.45, 7) is 0.611. The predicted octanol–water partition coefficient (Wildman–Crippen LogP) is 5.41. The van der Waals surface area contributed by atoms with Crippen molar-refractivity contribution in [2.45, 2.75) is 12.8 Å². The molecule has 0 radical (unpaired) electrons. The lowest BCUT2D eigenvalue weighted by molar-refractivity contribution is -0.116. The molecule has 0 unspecified atom stereocenters. The van der Waals surface area contributed by atoms with Crippen LogP contribution in [0.1, 0.15) is 17.5 Å². The number of carbonyl (C=O) groups is 1. The van der Waals surface area contributed by atoms with Gasteiger partial charge in [0.1, 0.15) is 0 Å². The van der Waals surface area contributed by atoms with Crippen LogP contribution in [-0.2, 0) is 11.2 Å². The summed E-state index contributed by atoms with van der Waals surface area (Å²) < 4.78 is 0. The van der Waals surface area contributed by atoms with E-state index in [0.29, 0.717) is 16.6 Å². The summed E-state index contributed by atoms with van der Waals surface area (Å²) in [4.78, 5) is 11.8. The molecule has 0 bridgehead atoms. The zero-order valence-corrected chi connectivity index (χ0v) is 14.6. The van der Waals surface area contributed by atoms with E-state index < -0.39 is 0 Å². The molecule has 0 aromatic heterocycles. The van der Waals surface area contributed by atoms with Crippen LogP contribution in [0.4, 0.5) is 0 Å². The van der Waals surface area contributed by atoms with Gasteiger partial charge in [-0.05, 0) is 54.3 Å². The number of nitrogens with one attached hydrogen (secondary N) is 1. The van der Waals surface area contributed by atoms with Crippen LogP contribution >= 0.6 is 34.8 Å². The molecule has 0 aliphatic rings. The van der Waals surface area contributed by atoms with Gasteiger partial charge >= 0.3 is 0 Å². The van der Waals surface area contributed by atoms with Gasteiger partial charge in [0, 0.05) is 27.7 Å². The van der Waals surface area contributed by atoms with Crippen LogP contribution in [0.3, 0.4) is 0 Å². The second-order valence-corrected chi connectivity index (χ2v) is 6.30. The molecule has 0 aliphatic carbocycles. The zero-order valence-electron chi connectivity index (χ0n) is 12.4. The van der Waals surface area contributed by atoms with Gasteiger partial charge in [0.15, 0.2) is 0 Å². The molecule has 5 heteroatoms. The number of rotatable bonds is 6. The Balaban J connectivity index is 1.74. The molecule has 2 nitrogen and oxygen atoms in total. The summed E-state index contributed by atoms with van der Waals surface area (Å²) in [7, 11) is 0. The molecule has 1 N–H and O–H groups in total. The minimum Gasteiger partial charge on any atom is -0.353 e. The Labute approximate surface area is 151 Å². The number of amides is 1. The van der Waals surface area contributed by atoms with Crippen molar-refractivity contribution < 1.29 is 4.79 Å². The van der Waals surface area contributed by atoms with Gasteiger partial charge < -0.3 is 5.32 Å². The third-order valence-electron chi connectivity index (χ3n) is 3.23. The molecule has 2 rings (SSSR count). The van der Waals surface area contributed by atoms with E-state index in [2.05, 4.69) is 5.32 Å². The summed E-state index contributed by atoms with van der Waals surface area (Å²) in [6, 6.07) is 12.9. The van der Waals surface area contributed by atoms with Gasteiger partial charge in [0.25, 0.3) is 0 Å². The van der Waals surface area contributed by atoms with Crippen molar-refractivity contribution in [3.05, 3.63) is 74.7 Å². The standard InChI is InChI=1S/C18H16Cl3NO/c19-15-7-3-13(4-8-15)2-1-11-22-18(23)10-6-14-5-9-16(20)12-17(14)21/h3-10,12H,1-2,11H2,(H,22,23)/b10-6+. The smallest absolute Gasteiger partial charge is 0.244 e. The lowest BCUT2D eigenvalue weighted by Crippen LogP contribution is -2.22. The lowest BCUT2D eigenvalue weighted by atomic mass is 10.1. The number of halogens is 3. The van der Waals surface area contributed by atoms with Crippen molar-refractivity contribution in [2.24, 2.45) is 0 Å². The van der Waals surface area contributed by atoms with E-state index in [1.165, 1.54) is 11.6 Å². The summed E-state index contributed by atoms with van der Waals surface area (Å²) in [5, 5.41) is 4.66. The van der Waals surface area contributed by atoms with Crippen molar-refractivity contribution in [3.63, 3.8) is 0 Å².